The molecular formula is C12H16ClN5. The Hall–Kier alpha value is -1.59. The molecule has 2 aromatic rings. The Morgan fingerprint density at radius 3 is 2.78 bits per heavy atom. The number of hydrogen-bond donors (Lipinski definition) is 1. The van der Waals surface area contributed by atoms with Crippen LogP contribution < -0.4 is 10.6 Å². The van der Waals surface area contributed by atoms with Crippen molar-refractivity contribution in [2.75, 3.05) is 11.9 Å². The molecule has 0 aliphatic heterocycles. The number of imidazole rings is 1. The molecule has 0 fully saturated rings. The maximum absolute atomic E-state index is 6.20. The van der Waals surface area contributed by atoms with E-state index in [2.05, 4.69) is 9.97 Å². The minimum Gasteiger partial charge on any atom is -0.351 e. The first-order valence-electron chi connectivity index (χ1n) is 5.63. The summed E-state index contributed by atoms with van der Waals surface area (Å²) in [6.07, 6.45) is 5.43. The average molecular weight is 266 g/mol. The SMILES string of the molecule is CN(Cc1nccn1C)c1ncc(CN)cc1Cl. The lowest BCUT2D eigenvalue weighted by Gasteiger charge is -2.19. The molecule has 0 aliphatic carbocycles. The van der Waals surface area contributed by atoms with Gasteiger partial charge in [0, 0.05) is 39.2 Å². The molecule has 0 saturated heterocycles. The summed E-state index contributed by atoms with van der Waals surface area (Å²) in [4.78, 5) is 10.6. The third-order valence-electron chi connectivity index (χ3n) is 2.78. The topological polar surface area (TPSA) is 60.0 Å². The van der Waals surface area contributed by atoms with Gasteiger partial charge in [-0.05, 0) is 11.6 Å². The molecule has 0 amide bonds. The van der Waals surface area contributed by atoms with Gasteiger partial charge in [0.25, 0.3) is 0 Å². The Labute approximate surface area is 111 Å². The highest BCUT2D eigenvalue weighted by atomic mass is 35.5. The van der Waals surface area contributed by atoms with Gasteiger partial charge in [-0.25, -0.2) is 9.97 Å². The van der Waals surface area contributed by atoms with E-state index in [1.165, 1.54) is 0 Å². The third kappa shape index (κ3) is 2.63. The second-order valence-corrected chi connectivity index (χ2v) is 4.57. The van der Waals surface area contributed by atoms with Gasteiger partial charge in [-0.2, -0.15) is 0 Å². The number of anilines is 1. The zero-order chi connectivity index (χ0) is 13.1. The van der Waals surface area contributed by atoms with E-state index in [4.69, 9.17) is 17.3 Å². The van der Waals surface area contributed by atoms with Crippen molar-refractivity contribution in [1.82, 2.24) is 14.5 Å². The molecule has 18 heavy (non-hydrogen) atoms. The highest BCUT2D eigenvalue weighted by molar-refractivity contribution is 6.33. The average Bonchev–Trinajstić information content (AvgIpc) is 2.74. The Bertz CT molecular complexity index is 537. The Morgan fingerprint density at radius 1 is 1.44 bits per heavy atom. The van der Waals surface area contributed by atoms with Gasteiger partial charge in [-0.15, -0.1) is 0 Å². The maximum Gasteiger partial charge on any atom is 0.147 e. The van der Waals surface area contributed by atoms with Crippen LogP contribution >= 0.6 is 11.6 Å². The molecule has 0 atom stereocenters. The smallest absolute Gasteiger partial charge is 0.147 e. The first-order chi connectivity index (χ1) is 8.61. The van der Waals surface area contributed by atoms with E-state index in [0.29, 0.717) is 18.1 Å². The molecule has 0 aromatic carbocycles. The van der Waals surface area contributed by atoms with E-state index in [9.17, 15) is 0 Å². The number of aromatic nitrogens is 3. The molecular weight excluding hydrogens is 250 g/mol. The monoisotopic (exact) mass is 265 g/mol. The number of halogens is 1. The van der Waals surface area contributed by atoms with E-state index in [1.807, 2.05) is 35.8 Å². The largest absolute Gasteiger partial charge is 0.351 e. The maximum atomic E-state index is 6.20. The third-order valence-corrected chi connectivity index (χ3v) is 3.05. The normalized spacial score (nSPS) is 10.7. The summed E-state index contributed by atoms with van der Waals surface area (Å²) in [5, 5.41) is 0.606. The van der Waals surface area contributed by atoms with Crippen LogP contribution in [0.2, 0.25) is 5.02 Å². The summed E-state index contributed by atoms with van der Waals surface area (Å²) in [6, 6.07) is 1.85. The first-order valence-corrected chi connectivity index (χ1v) is 6.01. The molecule has 96 valence electrons. The Balaban J connectivity index is 2.19. The first kappa shape index (κ1) is 12.9. The highest BCUT2D eigenvalue weighted by Crippen LogP contribution is 2.23. The lowest BCUT2D eigenvalue weighted by Crippen LogP contribution is -2.20. The van der Waals surface area contributed by atoms with Gasteiger partial charge in [-0.3, -0.25) is 0 Å². The molecule has 5 nitrogen and oxygen atoms in total. The van der Waals surface area contributed by atoms with Gasteiger partial charge >= 0.3 is 0 Å². The van der Waals surface area contributed by atoms with Gasteiger partial charge in [-0.1, -0.05) is 11.6 Å². The van der Waals surface area contributed by atoms with E-state index < -0.39 is 0 Å². The van der Waals surface area contributed by atoms with Crippen LogP contribution in [0.5, 0.6) is 0 Å². The molecule has 0 bridgehead atoms. The van der Waals surface area contributed by atoms with Crippen LogP contribution in [0.4, 0.5) is 5.82 Å². The van der Waals surface area contributed by atoms with E-state index >= 15 is 0 Å². The van der Waals surface area contributed by atoms with Crippen LogP contribution in [0.25, 0.3) is 0 Å². The second-order valence-electron chi connectivity index (χ2n) is 4.16. The van der Waals surface area contributed by atoms with Gasteiger partial charge in [0.05, 0.1) is 11.6 Å². The fourth-order valence-electron chi connectivity index (χ4n) is 1.70. The van der Waals surface area contributed by atoms with Gasteiger partial charge in [0.2, 0.25) is 0 Å². The minimum absolute atomic E-state index is 0.441. The molecule has 0 aliphatic rings. The predicted molar refractivity (Wildman–Crippen MR) is 72.5 cm³/mol. The summed E-state index contributed by atoms with van der Waals surface area (Å²) < 4.78 is 1.97. The number of nitrogens with zero attached hydrogens (tertiary/aromatic N) is 4. The van der Waals surface area contributed by atoms with Crippen LogP contribution in [-0.2, 0) is 20.1 Å². The summed E-state index contributed by atoms with van der Waals surface area (Å²) in [5.41, 5.74) is 6.47. The molecule has 0 spiro atoms. The fraction of sp³-hybridized carbons (Fsp3) is 0.333. The number of nitrogens with two attached hydrogens (primary N) is 1. The summed E-state index contributed by atoms with van der Waals surface area (Å²) in [6.45, 7) is 1.09. The molecule has 0 saturated carbocycles. The quantitative estimate of drug-likeness (QED) is 0.912. The van der Waals surface area contributed by atoms with Crippen LogP contribution in [0.15, 0.2) is 24.7 Å². The Kier molecular flexibility index (Phi) is 3.84. The highest BCUT2D eigenvalue weighted by Gasteiger charge is 2.11. The van der Waals surface area contributed by atoms with Crippen molar-refractivity contribution in [2.24, 2.45) is 12.8 Å². The molecule has 0 unspecified atom stereocenters. The molecule has 2 heterocycles. The van der Waals surface area contributed by atoms with Gasteiger partial charge in [0.15, 0.2) is 0 Å². The Morgan fingerprint density at radius 2 is 2.22 bits per heavy atom. The molecule has 0 radical (unpaired) electrons. The summed E-state index contributed by atoms with van der Waals surface area (Å²) in [7, 11) is 3.90. The zero-order valence-corrected chi connectivity index (χ0v) is 11.2. The van der Waals surface area contributed by atoms with Crippen LogP contribution in [-0.4, -0.2) is 21.6 Å². The molecule has 6 heteroatoms. The standard InChI is InChI=1S/C12H16ClN5/c1-17-4-3-15-11(17)8-18(2)12-10(13)5-9(6-14)7-16-12/h3-5,7H,6,8,14H2,1-2H3. The van der Waals surface area contributed by atoms with Crippen molar-refractivity contribution in [3.05, 3.63) is 41.1 Å². The van der Waals surface area contributed by atoms with Gasteiger partial charge < -0.3 is 15.2 Å². The van der Waals surface area contributed by atoms with Crippen molar-refractivity contribution >= 4 is 17.4 Å². The van der Waals surface area contributed by atoms with Crippen molar-refractivity contribution in [3.63, 3.8) is 0 Å². The van der Waals surface area contributed by atoms with E-state index in [1.54, 1.807) is 12.4 Å². The molecule has 2 N–H and O–H groups in total. The number of pyridine rings is 1. The van der Waals surface area contributed by atoms with Crippen LogP contribution in [0, 0.1) is 0 Å². The second kappa shape index (κ2) is 5.37. The lowest BCUT2D eigenvalue weighted by atomic mass is 10.3. The number of rotatable bonds is 4. The number of hydrogen-bond acceptors (Lipinski definition) is 4. The van der Waals surface area contributed by atoms with Crippen LogP contribution in [0.3, 0.4) is 0 Å². The van der Waals surface area contributed by atoms with Crippen LogP contribution in [0.1, 0.15) is 11.4 Å². The molecule has 2 aromatic heterocycles. The summed E-state index contributed by atoms with van der Waals surface area (Å²) >= 11 is 6.20. The predicted octanol–water partition coefficient (Wildman–Crippen LogP) is 1.56. The summed E-state index contributed by atoms with van der Waals surface area (Å²) in [5.74, 6) is 1.69. The van der Waals surface area contributed by atoms with Crippen molar-refractivity contribution in [2.45, 2.75) is 13.1 Å². The van der Waals surface area contributed by atoms with Crippen molar-refractivity contribution < 1.29 is 0 Å². The molecule has 2 rings (SSSR count). The van der Waals surface area contributed by atoms with E-state index in [-0.39, 0.29) is 0 Å². The lowest BCUT2D eigenvalue weighted by molar-refractivity contribution is 0.755. The fourth-order valence-corrected chi connectivity index (χ4v) is 2.03. The van der Waals surface area contributed by atoms with Crippen molar-refractivity contribution in [3.8, 4) is 0 Å². The minimum atomic E-state index is 0.441. The van der Waals surface area contributed by atoms with Gasteiger partial charge in [0.1, 0.15) is 11.6 Å². The number of aryl methyl sites for hydroxylation is 1. The zero-order valence-electron chi connectivity index (χ0n) is 10.5. The van der Waals surface area contributed by atoms with E-state index in [0.717, 1.165) is 17.2 Å². The van der Waals surface area contributed by atoms with Crippen molar-refractivity contribution in [1.29, 1.82) is 0 Å².